The maximum atomic E-state index is 13.4. The molecule has 0 spiro atoms. The number of ether oxygens (including phenoxy) is 2. The molecule has 79 heavy (non-hydrogen) atoms. The molecule has 0 aromatic heterocycles. The van der Waals surface area contributed by atoms with Gasteiger partial charge in [-0.15, -0.1) is 0 Å². The molecule has 5 aromatic carbocycles. The maximum Gasteiger partial charge on any atom is 0.407 e. The van der Waals surface area contributed by atoms with Crippen LogP contribution in [0.2, 0.25) is 12.6 Å². The minimum absolute atomic E-state index is 0.0489. The Morgan fingerprint density at radius 1 is 0.557 bits per heavy atom. The van der Waals surface area contributed by atoms with Gasteiger partial charge in [0, 0.05) is 67.7 Å². The molecule has 2 fully saturated rings. The highest BCUT2D eigenvalue weighted by Gasteiger charge is 2.31. The van der Waals surface area contributed by atoms with Crippen molar-refractivity contribution >= 4 is 66.5 Å². The summed E-state index contributed by atoms with van der Waals surface area (Å²) in [5.74, 6) is 0.893. The monoisotopic (exact) mass is 1070 g/mol. The number of hydrogen-bond donors (Lipinski definition) is 2. The lowest BCUT2D eigenvalue weighted by molar-refractivity contribution is 0.0515. The third kappa shape index (κ3) is 18.7. The zero-order valence-electron chi connectivity index (χ0n) is 50.2. The van der Waals surface area contributed by atoms with E-state index < -0.39 is 11.2 Å². The SMILES string of the molecule is CC(=O)c1ccc2c(=CN(CCCCCCNC(=O)OC(C)(C)C)Cc3ccccc3C3[B]CC(C)(C)CC3)c3ccccc3c(=CN(CCCCCCNC(=O)OC(C)(C)C)Cc3ccccc3C3[B]CC(C)(C)CC3)c2c1. The van der Waals surface area contributed by atoms with E-state index in [1.54, 1.807) is 6.92 Å². The van der Waals surface area contributed by atoms with Gasteiger partial charge >= 0.3 is 12.2 Å². The Bertz CT molecular complexity index is 2950. The number of fused-ring (bicyclic) bond motifs is 2. The first-order valence-electron chi connectivity index (χ1n) is 30.0. The molecule has 2 heterocycles. The van der Waals surface area contributed by atoms with Crippen LogP contribution in [0.3, 0.4) is 0 Å². The fraction of sp³-hybridized carbons (Fsp3) is 0.544. The minimum atomic E-state index is -0.526. The molecule has 2 aliphatic rings. The molecule has 0 aliphatic carbocycles. The summed E-state index contributed by atoms with van der Waals surface area (Å²) in [4.78, 5) is 43.2. The molecule has 2 saturated heterocycles. The number of ketones is 1. The average Bonchev–Trinajstić information content (AvgIpc) is 3.48. The zero-order valence-corrected chi connectivity index (χ0v) is 50.2. The van der Waals surface area contributed by atoms with Crippen molar-refractivity contribution < 1.29 is 23.9 Å². The largest absolute Gasteiger partial charge is 0.444 e. The molecule has 0 saturated carbocycles. The van der Waals surface area contributed by atoms with E-state index in [4.69, 9.17) is 9.47 Å². The van der Waals surface area contributed by atoms with E-state index >= 15 is 0 Å². The molecule has 2 radical (unpaired) electrons. The number of carbonyl (C=O) groups is 3. The molecule has 2 N–H and O–H groups in total. The first-order valence-corrected chi connectivity index (χ1v) is 30.0. The molecule has 2 atom stereocenters. The number of hydrogen-bond acceptors (Lipinski definition) is 7. The van der Waals surface area contributed by atoms with Crippen molar-refractivity contribution in [3.8, 4) is 0 Å². The second kappa shape index (κ2) is 27.6. The van der Waals surface area contributed by atoms with Crippen LogP contribution in [0.25, 0.3) is 33.9 Å². The van der Waals surface area contributed by atoms with Crippen LogP contribution in [0.5, 0.6) is 0 Å². The van der Waals surface area contributed by atoms with Gasteiger partial charge in [0.25, 0.3) is 0 Å². The summed E-state index contributed by atoms with van der Waals surface area (Å²) in [5, 5.41) is 12.7. The van der Waals surface area contributed by atoms with Gasteiger partial charge in [0.1, 0.15) is 25.8 Å². The highest BCUT2D eigenvalue weighted by Crippen LogP contribution is 2.41. The number of amides is 2. The molecule has 5 aromatic rings. The number of carbonyl (C=O) groups excluding carboxylic acids is 3. The van der Waals surface area contributed by atoms with Crippen molar-refractivity contribution in [2.45, 2.75) is 202 Å². The van der Waals surface area contributed by atoms with Crippen molar-refractivity contribution in [3.05, 3.63) is 129 Å². The van der Waals surface area contributed by atoms with Gasteiger partial charge < -0.3 is 29.9 Å². The van der Waals surface area contributed by atoms with Crippen LogP contribution in [-0.2, 0) is 22.6 Å². The van der Waals surface area contributed by atoms with Crippen molar-refractivity contribution in [2.24, 2.45) is 10.8 Å². The van der Waals surface area contributed by atoms with Crippen molar-refractivity contribution in [1.82, 2.24) is 20.4 Å². The Morgan fingerprint density at radius 2 is 0.962 bits per heavy atom. The van der Waals surface area contributed by atoms with E-state index in [2.05, 4.69) is 160 Å². The summed E-state index contributed by atoms with van der Waals surface area (Å²) >= 11 is 0. The van der Waals surface area contributed by atoms with E-state index in [0.717, 1.165) is 130 Å². The Hall–Kier alpha value is -5.70. The predicted octanol–water partition coefficient (Wildman–Crippen LogP) is 14.8. The third-order valence-corrected chi connectivity index (χ3v) is 16.0. The topological polar surface area (TPSA) is 100 Å². The van der Waals surface area contributed by atoms with Crippen LogP contribution in [0.4, 0.5) is 9.59 Å². The molecule has 2 unspecified atom stereocenters. The Labute approximate surface area is 476 Å². The van der Waals surface area contributed by atoms with Gasteiger partial charge in [0.2, 0.25) is 0 Å². The van der Waals surface area contributed by atoms with Crippen molar-refractivity contribution in [3.63, 3.8) is 0 Å². The number of alkyl carbamates (subject to hydrolysis) is 2. The molecule has 7 rings (SSSR count). The summed E-state index contributed by atoms with van der Waals surface area (Å²) in [6.45, 7) is 27.0. The second-order valence-corrected chi connectivity index (χ2v) is 26.5. The van der Waals surface area contributed by atoms with Gasteiger partial charge in [0.15, 0.2) is 5.78 Å². The summed E-state index contributed by atoms with van der Waals surface area (Å²) < 4.78 is 11.0. The van der Waals surface area contributed by atoms with E-state index in [0.29, 0.717) is 41.1 Å². The van der Waals surface area contributed by atoms with Crippen LogP contribution in [0, 0.1) is 10.8 Å². The first kappa shape index (κ1) is 60.9. The van der Waals surface area contributed by atoms with Crippen molar-refractivity contribution in [1.29, 1.82) is 0 Å². The molecule has 2 amide bonds. The van der Waals surface area contributed by atoms with Crippen LogP contribution in [-0.4, -0.2) is 79.7 Å². The lowest BCUT2D eigenvalue weighted by Gasteiger charge is -2.35. The Kier molecular flexibility index (Phi) is 21.3. The average molecular weight is 1070 g/mol. The Morgan fingerprint density at radius 3 is 1.38 bits per heavy atom. The molecular weight excluding hydrogens is 974 g/mol. The lowest BCUT2D eigenvalue weighted by Crippen LogP contribution is -2.33. The molecule has 0 bridgehead atoms. The maximum absolute atomic E-state index is 13.4. The predicted molar refractivity (Wildman–Crippen MR) is 331 cm³/mol. The quantitative estimate of drug-likeness (QED) is 0.0291. The number of nitrogens with one attached hydrogen (secondary N) is 2. The molecule has 422 valence electrons. The number of rotatable bonds is 23. The van der Waals surface area contributed by atoms with Crippen LogP contribution in [0.1, 0.15) is 197 Å². The molecule has 11 heteroatoms. The van der Waals surface area contributed by atoms with Gasteiger partial charge in [-0.2, -0.15) is 0 Å². The first-order chi connectivity index (χ1) is 37.5. The summed E-state index contributed by atoms with van der Waals surface area (Å²) in [5.41, 5.74) is 5.89. The molecule has 2 aliphatic heterocycles. The molecular formula is C68H94B2N4O5. The smallest absolute Gasteiger partial charge is 0.407 e. The zero-order chi connectivity index (χ0) is 56.8. The molecule has 9 nitrogen and oxygen atoms in total. The third-order valence-electron chi connectivity index (χ3n) is 16.0. The van der Waals surface area contributed by atoms with Crippen LogP contribution < -0.4 is 21.1 Å². The minimum Gasteiger partial charge on any atom is -0.444 e. The number of unbranched alkanes of at least 4 members (excludes halogenated alkanes) is 6. The second-order valence-electron chi connectivity index (χ2n) is 26.5. The Balaban J connectivity index is 1.27. The van der Waals surface area contributed by atoms with Gasteiger partial charge in [-0.1, -0.05) is 164 Å². The van der Waals surface area contributed by atoms with Gasteiger partial charge in [0.05, 0.1) is 0 Å². The normalized spacial score (nSPS) is 17.7. The van der Waals surface area contributed by atoms with E-state index in [1.807, 2.05) is 47.6 Å². The summed E-state index contributed by atoms with van der Waals surface area (Å²) in [6, 6.07) is 33.4. The fourth-order valence-electron chi connectivity index (χ4n) is 11.6. The summed E-state index contributed by atoms with van der Waals surface area (Å²) in [6.07, 6.45) is 18.9. The number of benzene rings is 5. The van der Waals surface area contributed by atoms with Crippen LogP contribution in [0.15, 0.2) is 91.0 Å². The van der Waals surface area contributed by atoms with Gasteiger partial charge in [-0.25, -0.2) is 9.59 Å². The number of Topliss-reactive ketones (excluding diaryl/α,β-unsaturated/α-hetero) is 1. The highest BCUT2D eigenvalue weighted by atomic mass is 16.6. The van der Waals surface area contributed by atoms with E-state index in [1.165, 1.54) is 40.5 Å². The highest BCUT2D eigenvalue weighted by molar-refractivity contribution is 6.39. The standard InChI is InChI=1S/C68H94B2N4O5/c1-49(75)50-32-33-57-58(42-50)60(46-74(41-25-15-13-23-39-72-64(77)79-66(5,6)7)44-52-27-17-19-29-54(52)62-35-37-68(10,11)48-70-62)56-31-21-20-30-55(56)59(57)45-73(40-24-14-12-22-38-71-63(76)78-65(2,3)4)43-51-26-16-18-28-53(51)61-34-36-67(8,9)47-69-61/h16-21,26-33,42,45-46,61-62H,12-15,22-25,34-41,43-44,47-48H2,1-11H3,(H,71,76)(H,72,77). The van der Waals surface area contributed by atoms with E-state index in [9.17, 15) is 14.4 Å². The van der Waals surface area contributed by atoms with Gasteiger partial charge in [-0.05, 0) is 159 Å². The van der Waals surface area contributed by atoms with E-state index in [-0.39, 0.29) is 18.0 Å². The van der Waals surface area contributed by atoms with Crippen molar-refractivity contribution in [2.75, 3.05) is 26.2 Å². The van der Waals surface area contributed by atoms with Crippen LogP contribution >= 0.6 is 0 Å². The fourth-order valence-corrected chi connectivity index (χ4v) is 11.6. The number of nitrogens with zero attached hydrogens (tertiary/aromatic N) is 2. The summed E-state index contributed by atoms with van der Waals surface area (Å²) in [7, 11) is 5.12. The lowest BCUT2D eigenvalue weighted by atomic mass is 9.47. The van der Waals surface area contributed by atoms with Gasteiger partial charge in [-0.3, -0.25) is 4.79 Å².